The van der Waals surface area contributed by atoms with E-state index in [1.165, 1.54) is 6.26 Å². The van der Waals surface area contributed by atoms with Crippen molar-refractivity contribution < 1.29 is 19.0 Å². The molecule has 0 fully saturated rings. The zero-order valence-electron chi connectivity index (χ0n) is 12.6. The van der Waals surface area contributed by atoms with Gasteiger partial charge in [0.2, 0.25) is 11.6 Å². The van der Waals surface area contributed by atoms with E-state index in [0.717, 1.165) is 0 Å². The van der Waals surface area contributed by atoms with Crippen LogP contribution in [0.25, 0.3) is 0 Å². The fourth-order valence-corrected chi connectivity index (χ4v) is 1.93. The normalized spacial score (nSPS) is 16.6. The van der Waals surface area contributed by atoms with Crippen molar-refractivity contribution in [3.63, 3.8) is 0 Å². The number of halogens is 1. The van der Waals surface area contributed by atoms with Gasteiger partial charge in [0.05, 0.1) is 5.54 Å². The number of nitrogens with zero attached hydrogens (tertiary/aromatic N) is 1. The van der Waals surface area contributed by atoms with Gasteiger partial charge in [0.25, 0.3) is 5.91 Å². The third-order valence-corrected chi connectivity index (χ3v) is 3.61. The Morgan fingerprint density at radius 2 is 2.36 bits per heavy atom. The average Bonchev–Trinajstić information content (AvgIpc) is 2.55. The van der Waals surface area contributed by atoms with E-state index in [1.807, 2.05) is 13.8 Å². The van der Waals surface area contributed by atoms with Crippen LogP contribution in [-0.2, 0) is 14.3 Å². The Balaban J connectivity index is 1.97. The highest BCUT2D eigenvalue weighted by Gasteiger charge is 2.28. The van der Waals surface area contributed by atoms with E-state index >= 15 is 0 Å². The second-order valence-electron chi connectivity index (χ2n) is 5.15. The largest absolute Gasteiger partial charge is 0.494 e. The quantitative estimate of drug-likeness (QED) is 0.868. The molecule has 2 heterocycles. The minimum atomic E-state index is -0.584. The van der Waals surface area contributed by atoms with Crippen molar-refractivity contribution in [1.29, 1.82) is 0 Å². The number of ether oxygens (including phenoxy) is 3. The molecule has 1 amide bonds. The van der Waals surface area contributed by atoms with Gasteiger partial charge in [-0.15, -0.1) is 0 Å². The lowest BCUT2D eigenvalue weighted by atomic mass is 10.00. The van der Waals surface area contributed by atoms with Gasteiger partial charge >= 0.3 is 0 Å². The zero-order valence-corrected chi connectivity index (χ0v) is 13.4. The summed E-state index contributed by atoms with van der Waals surface area (Å²) in [6, 6.07) is 3.42. The summed E-state index contributed by atoms with van der Waals surface area (Å²) in [7, 11) is 0. The van der Waals surface area contributed by atoms with Crippen molar-refractivity contribution in [2.45, 2.75) is 25.8 Å². The number of rotatable bonds is 6. The number of hydrogen-bond donors (Lipinski definition) is 1. The van der Waals surface area contributed by atoms with Crippen LogP contribution in [0.15, 0.2) is 30.4 Å². The lowest BCUT2D eigenvalue weighted by molar-refractivity contribution is -0.124. The highest BCUT2D eigenvalue weighted by molar-refractivity contribution is 6.31. The number of nitrogens with one attached hydrogen (secondary N) is 1. The molecule has 2 rings (SSSR count). The topological polar surface area (TPSA) is 69.7 Å². The van der Waals surface area contributed by atoms with E-state index in [4.69, 9.17) is 25.8 Å². The fraction of sp³-hybridized carbons (Fsp3) is 0.467. The maximum atomic E-state index is 12.2. The molecule has 1 aromatic heterocycles. The Morgan fingerprint density at radius 3 is 3.00 bits per heavy atom. The molecule has 0 bridgehead atoms. The van der Waals surface area contributed by atoms with Crippen LogP contribution in [0.2, 0.25) is 5.02 Å². The predicted octanol–water partition coefficient (Wildman–Crippen LogP) is 2.29. The van der Waals surface area contributed by atoms with Gasteiger partial charge in [-0.3, -0.25) is 4.79 Å². The minimum absolute atomic E-state index is 0.168. The number of hydrogen-bond acceptors (Lipinski definition) is 5. The molecule has 120 valence electrons. The van der Waals surface area contributed by atoms with E-state index in [9.17, 15) is 4.79 Å². The third-order valence-electron chi connectivity index (χ3n) is 3.32. The van der Waals surface area contributed by atoms with Gasteiger partial charge in [-0.25, -0.2) is 4.98 Å². The number of carbonyl (C=O) groups is 1. The highest BCUT2D eigenvalue weighted by atomic mass is 35.5. The maximum Gasteiger partial charge on any atom is 0.290 e. The SMILES string of the molecule is CC[C@@](C)(COc1ncccc1Cl)NC(=O)C1=COCCO1. The first kappa shape index (κ1) is 16.4. The van der Waals surface area contributed by atoms with Crippen LogP contribution >= 0.6 is 11.6 Å². The molecule has 0 unspecified atom stereocenters. The Labute approximate surface area is 134 Å². The molecule has 6 nitrogen and oxygen atoms in total. The van der Waals surface area contributed by atoms with Gasteiger partial charge in [-0.2, -0.15) is 0 Å². The first-order valence-corrected chi connectivity index (χ1v) is 7.42. The summed E-state index contributed by atoms with van der Waals surface area (Å²) in [5.41, 5.74) is -0.584. The van der Waals surface area contributed by atoms with E-state index in [2.05, 4.69) is 10.3 Å². The lowest BCUT2D eigenvalue weighted by Crippen LogP contribution is -2.50. The summed E-state index contributed by atoms with van der Waals surface area (Å²) in [6.07, 6.45) is 3.59. The Kier molecular flexibility index (Phi) is 5.49. The summed E-state index contributed by atoms with van der Waals surface area (Å²) in [5, 5.41) is 3.32. The summed E-state index contributed by atoms with van der Waals surface area (Å²) < 4.78 is 16.0. The number of pyridine rings is 1. The first-order valence-electron chi connectivity index (χ1n) is 7.04. The molecule has 1 aromatic rings. The predicted molar refractivity (Wildman–Crippen MR) is 81.6 cm³/mol. The summed E-state index contributed by atoms with van der Waals surface area (Å²) >= 11 is 6.00. The maximum absolute atomic E-state index is 12.2. The number of amides is 1. The lowest BCUT2D eigenvalue weighted by Gasteiger charge is -2.30. The van der Waals surface area contributed by atoms with Gasteiger partial charge < -0.3 is 19.5 Å². The zero-order chi connectivity index (χ0) is 16.0. The summed E-state index contributed by atoms with van der Waals surface area (Å²) in [4.78, 5) is 16.2. The molecular weight excluding hydrogens is 308 g/mol. The van der Waals surface area contributed by atoms with Gasteiger partial charge in [-0.1, -0.05) is 18.5 Å². The second kappa shape index (κ2) is 7.35. The summed E-state index contributed by atoms with van der Waals surface area (Å²) in [6.45, 7) is 4.88. The fourth-order valence-electron chi connectivity index (χ4n) is 1.75. The van der Waals surface area contributed by atoms with Crippen LogP contribution in [0, 0.1) is 0 Å². The van der Waals surface area contributed by atoms with Crippen molar-refractivity contribution in [2.75, 3.05) is 19.8 Å². The molecule has 0 saturated carbocycles. The second-order valence-corrected chi connectivity index (χ2v) is 5.56. The molecule has 0 saturated heterocycles. The smallest absolute Gasteiger partial charge is 0.290 e. The monoisotopic (exact) mass is 326 g/mol. The Morgan fingerprint density at radius 1 is 1.55 bits per heavy atom. The van der Waals surface area contributed by atoms with E-state index in [-0.39, 0.29) is 18.3 Å². The van der Waals surface area contributed by atoms with Crippen LogP contribution in [-0.4, -0.2) is 36.3 Å². The Bertz CT molecular complexity index is 564. The molecule has 1 aliphatic heterocycles. The summed E-state index contributed by atoms with van der Waals surface area (Å²) in [5.74, 6) is 0.177. The molecule has 0 aliphatic carbocycles. The van der Waals surface area contributed by atoms with Crippen LogP contribution in [0.5, 0.6) is 5.88 Å². The molecule has 22 heavy (non-hydrogen) atoms. The standard InChI is InChI=1S/C15H19ClN2O4/c1-3-15(2,10-22-14-11(16)5-4-6-17-14)18-13(19)12-9-20-7-8-21-12/h4-6,9H,3,7-8,10H2,1-2H3,(H,18,19)/t15-/m0/s1. The van der Waals surface area contributed by atoms with Crippen molar-refractivity contribution in [1.82, 2.24) is 10.3 Å². The van der Waals surface area contributed by atoms with Gasteiger partial charge in [0.15, 0.2) is 0 Å². The van der Waals surface area contributed by atoms with Crippen LogP contribution < -0.4 is 10.1 Å². The molecule has 1 atom stereocenters. The Hall–Kier alpha value is -1.95. The van der Waals surface area contributed by atoms with Crippen LogP contribution in [0.4, 0.5) is 0 Å². The van der Waals surface area contributed by atoms with Crippen molar-refractivity contribution >= 4 is 17.5 Å². The molecule has 0 radical (unpaired) electrons. The van der Waals surface area contributed by atoms with Crippen LogP contribution in [0.3, 0.4) is 0 Å². The highest BCUT2D eigenvalue weighted by Crippen LogP contribution is 2.22. The van der Waals surface area contributed by atoms with E-state index in [1.54, 1.807) is 18.3 Å². The molecule has 1 N–H and O–H groups in total. The third kappa shape index (κ3) is 4.27. The van der Waals surface area contributed by atoms with Crippen molar-refractivity contribution in [3.05, 3.63) is 35.4 Å². The minimum Gasteiger partial charge on any atom is -0.494 e. The van der Waals surface area contributed by atoms with Gasteiger partial charge in [-0.05, 0) is 25.5 Å². The molecular formula is C15H19ClN2O4. The molecule has 7 heteroatoms. The van der Waals surface area contributed by atoms with Crippen molar-refractivity contribution in [2.24, 2.45) is 0 Å². The van der Waals surface area contributed by atoms with Crippen LogP contribution in [0.1, 0.15) is 20.3 Å². The van der Waals surface area contributed by atoms with Gasteiger partial charge in [0, 0.05) is 6.20 Å². The van der Waals surface area contributed by atoms with E-state index in [0.29, 0.717) is 30.5 Å². The van der Waals surface area contributed by atoms with Gasteiger partial charge in [0.1, 0.15) is 31.1 Å². The van der Waals surface area contributed by atoms with E-state index < -0.39 is 5.54 Å². The van der Waals surface area contributed by atoms with Crippen molar-refractivity contribution in [3.8, 4) is 5.88 Å². The average molecular weight is 327 g/mol. The molecule has 0 aromatic carbocycles. The number of aromatic nitrogens is 1. The first-order chi connectivity index (χ1) is 10.5. The molecule has 1 aliphatic rings. The number of carbonyl (C=O) groups excluding carboxylic acids is 1. The molecule has 0 spiro atoms.